The molecular weight excluding hydrogens is 244 g/mol. The first-order chi connectivity index (χ1) is 6.61. The van der Waals surface area contributed by atoms with Crippen LogP contribution in [0.4, 0.5) is 0 Å². The largest absolute Gasteiger partial charge is 0.496 e. The molecule has 1 N–H and O–H groups in total. The Hall–Kier alpha value is -0.540. The van der Waals surface area contributed by atoms with E-state index in [-0.39, 0.29) is 6.61 Å². The normalized spacial score (nSPS) is 10.4. The fraction of sp³-hybridized carbons (Fsp3) is 0.455. The van der Waals surface area contributed by atoms with Crippen molar-refractivity contribution in [1.29, 1.82) is 0 Å². The van der Waals surface area contributed by atoms with Crippen molar-refractivity contribution in [2.45, 2.75) is 20.3 Å². The molecule has 0 spiro atoms. The van der Waals surface area contributed by atoms with Gasteiger partial charge in [-0.15, -0.1) is 0 Å². The monoisotopic (exact) mass is 258 g/mol. The quantitative estimate of drug-likeness (QED) is 0.904. The molecule has 1 aromatic carbocycles. The Bertz CT molecular complexity index is 335. The summed E-state index contributed by atoms with van der Waals surface area (Å²) in [6, 6.07) is 2.07. The highest BCUT2D eigenvalue weighted by Gasteiger charge is 2.12. The van der Waals surface area contributed by atoms with Crippen molar-refractivity contribution in [3.63, 3.8) is 0 Å². The van der Waals surface area contributed by atoms with Gasteiger partial charge in [-0.2, -0.15) is 0 Å². The van der Waals surface area contributed by atoms with Gasteiger partial charge in [0.2, 0.25) is 0 Å². The lowest BCUT2D eigenvalue weighted by Gasteiger charge is -2.14. The Labute approximate surface area is 93.0 Å². The third-order valence-corrected chi connectivity index (χ3v) is 3.35. The van der Waals surface area contributed by atoms with Gasteiger partial charge >= 0.3 is 0 Å². The predicted molar refractivity (Wildman–Crippen MR) is 61.0 cm³/mol. The van der Waals surface area contributed by atoms with Crippen LogP contribution >= 0.6 is 15.9 Å². The van der Waals surface area contributed by atoms with E-state index in [1.165, 1.54) is 5.56 Å². The standard InChI is InChI=1S/C11H15BrO2/c1-7-6-8(2)11(14-3)9(4-5-13)10(7)12/h6,13H,4-5H2,1-3H3. The number of aliphatic hydroxyl groups excluding tert-OH is 1. The molecule has 3 heteroatoms. The molecule has 14 heavy (non-hydrogen) atoms. The van der Waals surface area contributed by atoms with Gasteiger partial charge in [0.15, 0.2) is 0 Å². The summed E-state index contributed by atoms with van der Waals surface area (Å²) in [6.45, 7) is 4.19. The zero-order valence-electron chi connectivity index (χ0n) is 8.72. The summed E-state index contributed by atoms with van der Waals surface area (Å²) in [4.78, 5) is 0. The minimum atomic E-state index is 0.137. The van der Waals surface area contributed by atoms with Crippen molar-refractivity contribution in [1.82, 2.24) is 0 Å². The second-order valence-corrected chi connectivity index (χ2v) is 4.10. The number of aryl methyl sites for hydroxylation is 2. The van der Waals surface area contributed by atoms with E-state index in [1.807, 2.05) is 13.8 Å². The average Bonchev–Trinajstić information content (AvgIpc) is 2.14. The second-order valence-electron chi connectivity index (χ2n) is 3.31. The number of ether oxygens (including phenoxy) is 1. The first-order valence-corrected chi connectivity index (χ1v) is 5.34. The van der Waals surface area contributed by atoms with Crippen LogP contribution in [-0.2, 0) is 6.42 Å². The maximum Gasteiger partial charge on any atom is 0.126 e. The molecule has 0 unspecified atom stereocenters. The summed E-state index contributed by atoms with van der Waals surface area (Å²) in [5, 5.41) is 8.97. The molecule has 1 rings (SSSR count). The molecule has 0 heterocycles. The van der Waals surface area contributed by atoms with Gasteiger partial charge in [-0.25, -0.2) is 0 Å². The van der Waals surface area contributed by atoms with Gasteiger partial charge in [0.25, 0.3) is 0 Å². The highest BCUT2D eigenvalue weighted by atomic mass is 79.9. The number of benzene rings is 1. The van der Waals surface area contributed by atoms with Crippen molar-refractivity contribution in [2.75, 3.05) is 13.7 Å². The number of halogens is 1. The van der Waals surface area contributed by atoms with Crippen molar-refractivity contribution in [3.8, 4) is 5.75 Å². The van der Waals surface area contributed by atoms with Gasteiger partial charge in [-0.3, -0.25) is 0 Å². The topological polar surface area (TPSA) is 29.5 Å². The predicted octanol–water partition coefficient (Wildman–Crippen LogP) is 2.61. The van der Waals surface area contributed by atoms with E-state index in [9.17, 15) is 0 Å². The third-order valence-electron chi connectivity index (χ3n) is 2.24. The number of aliphatic hydroxyl groups is 1. The molecule has 0 aliphatic rings. The zero-order chi connectivity index (χ0) is 10.7. The highest BCUT2D eigenvalue weighted by molar-refractivity contribution is 9.10. The van der Waals surface area contributed by atoms with E-state index >= 15 is 0 Å². The van der Waals surface area contributed by atoms with Crippen molar-refractivity contribution in [2.24, 2.45) is 0 Å². The maximum atomic E-state index is 8.97. The summed E-state index contributed by atoms with van der Waals surface area (Å²) < 4.78 is 6.36. The summed E-state index contributed by atoms with van der Waals surface area (Å²) in [5.41, 5.74) is 3.33. The van der Waals surface area contributed by atoms with E-state index in [2.05, 4.69) is 22.0 Å². The van der Waals surface area contributed by atoms with Crippen LogP contribution in [0.1, 0.15) is 16.7 Å². The molecule has 0 saturated heterocycles. The summed E-state index contributed by atoms with van der Waals surface area (Å²) in [5.74, 6) is 0.872. The van der Waals surface area contributed by atoms with Gasteiger partial charge in [0.1, 0.15) is 5.75 Å². The lowest BCUT2D eigenvalue weighted by atomic mass is 10.0. The number of hydrogen-bond acceptors (Lipinski definition) is 2. The first kappa shape index (κ1) is 11.5. The molecule has 78 valence electrons. The molecule has 0 fully saturated rings. The van der Waals surface area contributed by atoms with Gasteiger partial charge in [0, 0.05) is 23.1 Å². The minimum absolute atomic E-state index is 0.137. The molecule has 0 aliphatic carbocycles. The Morgan fingerprint density at radius 1 is 1.36 bits per heavy atom. The highest BCUT2D eigenvalue weighted by Crippen LogP contribution is 2.33. The van der Waals surface area contributed by atoms with Gasteiger partial charge in [-0.1, -0.05) is 22.0 Å². The molecule has 0 aliphatic heterocycles. The van der Waals surface area contributed by atoms with Crippen LogP contribution in [0.15, 0.2) is 10.5 Å². The molecular formula is C11H15BrO2. The second kappa shape index (κ2) is 4.80. The summed E-state index contributed by atoms with van der Waals surface area (Å²) in [7, 11) is 1.66. The molecule has 0 atom stereocenters. The molecule has 0 bridgehead atoms. The lowest BCUT2D eigenvalue weighted by molar-refractivity contribution is 0.296. The molecule has 2 nitrogen and oxygen atoms in total. The van der Waals surface area contributed by atoms with E-state index in [1.54, 1.807) is 7.11 Å². The Kier molecular flexibility index (Phi) is 3.96. The van der Waals surface area contributed by atoms with E-state index in [0.29, 0.717) is 6.42 Å². The SMILES string of the molecule is COc1c(C)cc(C)c(Br)c1CCO. The first-order valence-electron chi connectivity index (χ1n) is 4.55. The number of methoxy groups -OCH3 is 1. The van der Waals surface area contributed by atoms with E-state index in [0.717, 1.165) is 21.3 Å². The molecule has 0 saturated carbocycles. The fourth-order valence-corrected chi connectivity index (χ4v) is 2.14. The van der Waals surface area contributed by atoms with Crippen LogP contribution < -0.4 is 4.74 Å². The smallest absolute Gasteiger partial charge is 0.126 e. The Balaban J connectivity index is 3.32. The van der Waals surface area contributed by atoms with E-state index in [4.69, 9.17) is 9.84 Å². The molecule has 0 radical (unpaired) electrons. The van der Waals surface area contributed by atoms with E-state index < -0.39 is 0 Å². The fourth-order valence-electron chi connectivity index (χ4n) is 1.65. The van der Waals surface area contributed by atoms with Crippen LogP contribution in [0, 0.1) is 13.8 Å². The van der Waals surface area contributed by atoms with Crippen LogP contribution in [0.25, 0.3) is 0 Å². The van der Waals surface area contributed by atoms with Gasteiger partial charge in [-0.05, 0) is 25.0 Å². The van der Waals surface area contributed by atoms with Crippen LogP contribution in [0.2, 0.25) is 0 Å². The molecule has 1 aromatic rings. The van der Waals surface area contributed by atoms with Crippen LogP contribution in [0.5, 0.6) is 5.75 Å². The molecule has 0 amide bonds. The number of rotatable bonds is 3. The van der Waals surface area contributed by atoms with Crippen LogP contribution in [-0.4, -0.2) is 18.8 Å². The lowest BCUT2D eigenvalue weighted by Crippen LogP contribution is -2.00. The number of hydrogen-bond donors (Lipinski definition) is 1. The third kappa shape index (κ3) is 2.10. The van der Waals surface area contributed by atoms with Crippen molar-refractivity contribution >= 4 is 15.9 Å². The Morgan fingerprint density at radius 2 is 2.00 bits per heavy atom. The van der Waals surface area contributed by atoms with Crippen molar-refractivity contribution < 1.29 is 9.84 Å². The maximum absolute atomic E-state index is 8.97. The van der Waals surface area contributed by atoms with Gasteiger partial charge in [0.05, 0.1) is 7.11 Å². The Morgan fingerprint density at radius 3 is 2.50 bits per heavy atom. The van der Waals surface area contributed by atoms with Crippen molar-refractivity contribution in [3.05, 3.63) is 27.2 Å². The summed E-state index contributed by atoms with van der Waals surface area (Å²) in [6.07, 6.45) is 0.617. The molecule has 0 aromatic heterocycles. The zero-order valence-corrected chi connectivity index (χ0v) is 10.3. The summed E-state index contributed by atoms with van der Waals surface area (Å²) >= 11 is 3.52. The van der Waals surface area contributed by atoms with Gasteiger partial charge < -0.3 is 9.84 Å². The van der Waals surface area contributed by atoms with Crippen LogP contribution in [0.3, 0.4) is 0 Å². The average molecular weight is 259 g/mol. The minimum Gasteiger partial charge on any atom is -0.496 e.